The van der Waals surface area contributed by atoms with Crippen molar-refractivity contribution in [3.63, 3.8) is 0 Å². The minimum Gasteiger partial charge on any atom is -0.480 e. The van der Waals surface area contributed by atoms with Crippen LogP contribution < -0.4 is 0 Å². The zero-order valence-corrected chi connectivity index (χ0v) is 11.1. The number of aliphatic carboxylic acids is 1. The molecule has 1 aromatic rings. The third-order valence-corrected chi connectivity index (χ3v) is 3.56. The lowest BCUT2D eigenvalue weighted by Crippen LogP contribution is -2.38. The monoisotopic (exact) mass is 261 g/mol. The summed E-state index contributed by atoms with van der Waals surface area (Å²) in [4.78, 5) is 24.8. The van der Waals surface area contributed by atoms with Crippen LogP contribution in [0.15, 0.2) is 24.3 Å². The maximum absolute atomic E-state index is 12.5. The molecule has 4 nitrogen and oxygen atoms in total. The molecule has 1 atom stereocenters. The van der Waals surface area contributed by atoms with E-state index in [0.29, 0.717) is 6.54 Å². The first-order valence-corrected chi connectivity index (χ1v) is 6.72. The van der Waals surface area contributed by atoms with E-state index < -0.39 is 5.97 Å². The molecule has 0 radical (unpaired) electrons. The number of carbonyl (C=O) groups is 2. The van der Waals surface area contributed by atoms with Crippen LogP contribution in [-0.2, 0) is 16.0 Å². The Kier molecular flexibility index (Phi) is 4.20. The second-order valence-electron chi connectivity index (χ2n) is 4.94. The fourth-order valence-electron chi connectivity index (χ4n) is 2.73. The summed E-state index contributed by atoms with van der Waals surface area (Å²) < 4.78 is 0. The Labute approximate surface area is 113 Å². The number of amides is 1. The lowest BCUT2D eigenvalue weighted by molar-refractivity contribution is -0.145. The summed E-state index contributed by atoms with van der Waals surface area (Å²) in [6, 6.07) is 7.94. The van der Waals surface area contributed by atoms with Gasteiger partial charge in [-0.2, -0.15) is 0 Å². The zero-order chi connectivity index (χ0) is 13.8. The second kappa shape index (κ2) is 5.87. The number of carbonyl (C=O) groups excluding carboxylic acids is 1. The molecule has 4 heteroatoms. The van der Waals surface area contributed by atoms with Gasteiger partial charge < -0.3 is 10.0 Å². The summed E-state index contributed by atoms with van der Waals surface area (Å²) in [6.07, 6.45) is 2.46. The van der Waals surface area contributed by atoms with Crippen LogP contribution in [-0.4, -0.2) is 35.0 Å². The van der Waals surface area contributed by atoms with Crippen LogP contribution in [0.1, 0.15) is 36.8 Å². The lowest BCUT2D eigenvalue weighted by Gasteiger charge is -2.24. The van der Waals surface area contributed by atoms with Gasteiger partial charge in [0.2, 0.25) is 5.91 Å². The van der Waals surface area contributed by atoms with E-state index in [1.807, 2.05) is 31.2 Å². The topological polar surface area (TPSA) is 57.6 Å². The van der Waals surface area contributed by atoms with E-state index in [2.05, 4.69) is 0 Å². The van der Waals surface area contributed by atoms with E-state index in [1.54, 1.807) is 0 Å². The standard InChI is InChI=1S/C15H19NO3/c1-2-9-16(10-14(17)18)15(19)13-8-7-11-5-3-4-6-12(11)13/h3-6,13H,2,7-10H2,1H3,(H,17,18). The van der Waals surface area contributed by atoms with Crippen molar-refractivity contribution < 1.29 is 14.7 Å². The number of carboxylic acid groups (broad SMARTS) is 1. The molecule has 1 amide bonds. The summed E-state index contributed by atoms with van der Waals surface area (Å²) in [7, 11) is 0. The Hall–Kier alpha value is -1.84. The smallest absolute Gasteiger partial charge is 0.323 e. The van der Waals surface area contributed by atoms with E-state index in [-0.39, 0.29) is 18.4 Å². The number of fused-ring (bicyclic) bond motifs is 1. The molecule has 0 saturated heterocycles. The van der Waals surface area contributed by atoms with Gasteiger partial charge in [0.15, 0.2) is 0 Å². The van der Waals surface area contributed by atoms with Crippen LogP contribution in [0.5, 0.6) is 0 Å². The molecule has 19 heavy (non-hydrogen) atoms. The average molecular weight is 261 g/mol. The Morgan fingerprint density at radius 1 is 1.37 bits per heavy atom. The van der Waals surface area contributed by atoms with Crippen LogP contribution in [0, 0.1) is 0 Å². The Morgan fingerprint density at radius 2 is 2.11 bits per heavy atom. The van der Waals surface area contributed by atoms with Gasteiger partial charge in [0.1, 0.15) is 6.54 Å². The molecule has 0 bridgehead atoms. The first-order valence-electron chi connectivity index (χ1n) is 6.72. The van der Waals surface area contributed by atoms with Crippen LogP contribution in [0.3, 0.4) is 0 Å². The summed E-state index contributed by atoms with van der Waals surface area (Å²) in [6.45, 7) is 2.25. The summed E-state index contributed by atoms with van der Waals surface area (Å²) in [5, 5.41) is 8.90. The minimum absolute atomic E-state index is 0.0470. The van der Waals surface area contributed by atoms with Crippen molar-refractivity contribution in [3.05, 3.63) is 35.4 Å². The van der Waals surface area contributed by atoms with Gasteiger partial charge in [-0.15, -0.1) is 0 Å². The Morgan fingerprint density at radius 3 is 2.79 bits per heavy atom. The fourth-order valence-corrected chi connectivity index (χ4v) is 2.73. The first-order chi connectivity index (χ1) is 9.13. The molecule has 0 aromatic heterocycles. The van der Waals surface area contributed by atoms with E-state index in [4.69, 9.17) is 5.11 Å². The quantitative estimate of drug-likeness (QED) is 0.882. The first kappa shape index (κ1) is 13.6. The second-order valence-corrected chi connectivity index (χ2v) is 4.94. The number of carboxylic acids is 1. The molecule has 2 rings (SSSR count). The SMILES string of the molecule is CCCN(CC(=O)O)C(=O)C1CCc2ccccc21. The van der Waals surface area contributed by atoms with E-state index in [9.17, 15) is 9.59 Å². The maximum atomic E-state index is 12.5. The summed E-state index contributed by atoms with van der Waals surface area (Å²) in [5.74, 6) is -1.16. The number of rotatable bonds is 5. The van der Waals surface area contributed by atoms with Crippen molar-refractivity contribution >= 4 is 11.9 Å². The summed E-state index contributed by atoms with van der Waals surface area (Å²) >= 11 is 0. The molecule has 0 fully saturated rings. The highest BCUT2D eigenvalue weighted by atomic mass is 16.4. The fraction of sp³-hybridized carbons (Fsp3) is 0.467. The van der Waals surface area contributed by atoms with E-state index in [0.717, 1.165) is 24.8 Å². The molecule has 0 heterocycles. The van der Waals surface area contributed by atoms with Gasteiger partial charge in [-0.3, -0.25) is 9.59 Å². The van der Waals surface area contributed by atoms with Gasteiger partial charge >= 0.3 is 5.97 Å². The molecule has 1 unspecified atom stereocenters. The highest BCUT2D eigenvalue weighted by molar-refractivity contribution is 5.87. The highest BCUT2D eigenvalue weighted by Crippen LogP contribution is 2.34. The molecular formula is C15H19NO3. The normalized spacial score (nSPS) is 17.0. The van der Waals surface area contributed by atoms with Crippen molar-refractivity contribution in [1.82, 2.24) is 4.90 Å². The van der Waals surface area contributed by atoms with Gasteiger partial charge in [0.05, 0.1) is 5.92 Å². The van der Waals surface area contributed by atoms with E-state index >= 15 is 0 Å². The number of aryl methyl sites for hydroxylation is 1. The summed E-state index contributed by atoms with van der Waals surface area (Å²) in [5.41, 5.74) is 2.28. The predicted molar refractivity (Wildman–Crippen MR) is 72.0 cm³/mol. The van der Waals surface area contributed by atoms with Crippen LogP contribution in [0.2, 0.25) is 0 Å². The Bertz CT molecular complexity index is 484. The van der Waals surface area contributed by atoms with Crippen LogP contribution in [0.4, 0.5) is 0 Å². The lowest BCUT2D eigenvalue weighted by atomic mass is 9.99. The average Bonchev–Trinajstić information content (AvgIpc) is 2.80. The molecule has 0 saturated carbocycles. The minimum atomic E-state index is -0.951. The van der Waals surface area contributed by atoms with Gasteiger partial charge in [0.25, 0.3) is 0 Å². The Balaban J connectivity index is 2.17. The number of hydrogen-bond donors (Lipinski definition) is 1. The predicted octanol–water partition coefficient (Wildman–Crippen LogP) is 2.04. The number of nitrogens with zero attached hydrogens (tertiary/aromatic N) is 1. The number of hydrogen-bond acceptors (Lipinski definition) is 2. The third kappa shape index (κ3) is 2.95. The van der Waals surface area contributed by atoms with Crippen LogP contribution in [0.25, 0.3) is 0 Å². The molecule has 1 aliphatic carbocycles. The largest absolute Gasteiger partial charge is 0.480 e. The maximum Gasteiger partial charge on any atom is 0.323 e. The van der Waals surface area contributed by atoms with Gasteiger partial charge in [-0.1, -0.05) is 31.2 Å². The third-order valence-electron chi connectivity index (χ3n) is 3.56. The molecule has 1 N–H and O–H groups in total. The highest BCUT2D eigenvalue weighted by Gasteiger charge is 2.31. The molecule has 0 aliphatic heterocycles. The van der Waals surface area contributed by atoms with Gasteiger partial charge in [0, 0.05) is 6.54 Å². The molecular weight excluding hydrogens is 242 g/mol. The van der Waals surface area contributed by atoms with Crippen molar-refractivity contribution in [2.45, 2.75) is 32.1 Å². The van der Waals surface area contributed by atoms with E-state index in [1.165, 1.54) is 10.5 Å². The van der Waals surface area contributed by atoms with Crippen LogP contribution >= 0.6 is 0 Å². The number of benzene rings is 1. The molecule has 1 aliphatic rings. The molecule has 102 valence electrons. The van der Waals surface area contributed by atoms with Crippen molar-refractivity contribution in [2.75, 3.05) is 13.1 Å². The molecule has 1 aromatic carbocycles. The van der Waals surface area contributed by atoms with Crippen molar-refractivity contribution in [1.29, 1.82) is 0 Å². The zero-order valence-electron chi connectivity index (χ0n) is 11.1. The van der Waals surface area contributed by atoms with Gasteiger partial charge in [-0.25, -0.2) is 0 Å². The van der Waals surface area contributed by atoms with Crippen molar-refractivity contribution in [2.24, 2.45) is 0 Å². The van der Waals surface area contributed by atoms with Crippen molar-refractivity contribution in [3.8, 4) is 0 Å². The van der Waals surface area contributed by atoms with Gasteiger partial charge in [-0.05, 0) is 30.4 Å². The molecule has 0 spiro atoms.